The van der Waals surface area contributed by atoms with Crippen LogP contribution >= 0.6 is 0 Å². The van der Waals surface area contributed by atoms with Crippen LogP contribution in [0.3, 0.4) is 0 Å². The lowest BCUT2D eigenvalue weighted by Gasteiger charge is -2.13. The van der Waals surface area contributed by atoms with Gasteiger partial charge in [-0.25, -0.2) is 4.79 Å². The summed E-state index contributed by atoms with van der Waals surface area (Å²) in [6.45, 7) is 1.79. The molecule has 1 aromatic heterocycles. The lowest BCUT2D eigenvalue weighted by atomic mass is 10.1. The van der Waals surface area contributed by atoms with Crippen LogP contribution < -0.4 is 16.8 Å². The van der Waals surface area contributed by atoms with Crippen molar-refractivity contribution in [2.24, 2.45) is 5.73 Å². The maximum absolute atomic E-state index is 11.2. The number of benzene rings is 1. The van der Waals surface area contributed by atoms with Crippen LogP contribution in [0.5, 0.6) is 0 Å². The highest BCUT2D eigenvalue weighted by molar-refractivity contribution is 5.78. The zero-order valence-electron chi connectivity index (χ0n) is 9.32. The van der Waals surface area contributed by atoms with Crippen LogP contribution in [0.25, 0.3) is 11.1 Å². The van der Waals surface area contributed by atoms with E-state index in [1.54, 1.807) is 18.2 Å². The highest BCUT2D eigenvalue weighted by Crippen LogP contribution is 2.17. The number of carbonyl (C=O) groups excluding carboxylic acids is 1. The maximum Gasteiger partial charge on any atom is 0.417 e. The predicted octanol–water partition coefficient (Wildman–Crippen LogP) is 0.257. The molecule has 1 aromatic carbocycles. The second-order valence-corrected chi connectivity index (χ2v) is 3.76. The largest absolute Gasteiger partial charge is 0.417 e. The molecule has 1 unspecified atom stereocenters. The van der Waals surface area contributed by atoms with E-state index in [1.165, 1.54) is 0 Å². The SMILES string of the molecule is CC(NC(=O)CN)c1ccc2oc(=O)[nH]c2c1. The number of nitrogens with one attached hydrogen (secondary N) is 2. The summed E-state index contributed by atoms with van der Waals surface area (Å²) in [7, 11) is 0. The number of nitrogens with two attached hydrogens (primary N) is 1. The van der Waals surface area contributed by atoms with Gasteiger partial charge in [0.2, 0.25) is 5.91 Å². The molecule has 1 heterocycles. The van der Waals surface area contributed by atoms with Gasteiger partial charge in [0.15, 0.2) is 5.58 Å². The first kappa shape index (κ1) is 11.4. The number of oxazole rings is 1. The highest BCUT2D eigenvalue weighted by Gasteiger charge is 2.10. The molecule has 90 valence electrons. The first-order valence-corrected chi connectivity index (χ1v) is 5.22. The fraction of sp³-hybridized carbons (Fsp3) is 0.273. The summed E-state index contributed by atoms with van der Waals surface area (Å²) < 4.78 is 4.89. The van der Waals surface area contributed by atoms with Gasteiger partial charge in [-0.15, -0.1) is 0 Å². The van der Waals surface area contributed by atoms with E-state index in [-0.39, 0.29) is 18.5 Å². The van der Waals surface area contributed by atoms with Gasteiger partial charge in [0, 0.05) is 0 Å². The van der Waals surface area contributed by atoms with Gasteiger partial charge in [0.25, 0.3) is 0 Å². The van der Waals surface area contributed by atoms with E-state index in [4.69, 9.17) is 10.2 Å². The number of hydrogen-bond donors (Lipinski definition) is 3. The molecule has 0 saturated carbocycles. The van der Waals surface area contributed by atoms with Crippen molar-refractivity contribution in [3.63, 3.8) is 0 Å². The molecule has 0 radical (unpaired) electrons. The lowest BCUT2D eigenvalue weighted by Crippen LogP contribution is -2.32. The first-order chi connectivity index (χ1) is 8.10. The van der Waals surface area contributed by atoms with E-state index >= 15 is 0 Å². The molecule has 0 saturated heterocycles. The second-order valence-electron chi connectivity index (χ2n) is 3.76. The Balaban J connectivity index is 2.29. The molecule has 0 aliphatic carbocycles. The topological polar surface area (TPSA) is 101 Å². The van der Waals surface area contributed by atoms with E-state index in [9.17, 15) is 9.59 Å². The van der Waals surface area contributed by atoms with Crippen molar-refractivity contribution in [3.05, 3.63) is 34.3 Å². The standard InChI is InChI=1S/C11H13N3O3/c1-6(13-10(15)5-12)7-2-3-9-8(4-7)14-11(16)17-9/h2-4,6H,5,12H2,1H3,(H,13,15)(H,14,16). The van der Waals surface area contributed by atoms with Crippen molar-refractivity contribution in [2.45, 2.75) is 13.0 Å². The molecular formula is C11H13N3O3. The number of rotatable bonds is 3. The van der Waals surface area contributed by atoms with Crippen LogP contribution in [-0.2, 0) is 4.79 Å². The van der Waals surface area contributed by atoms with Crippen molar-refractivity contribution in [2.75, 3.05) is 6.54 Å². The molecule has 1 atom stereocenters. The Kier molecular flexibility index (Phi) is 2.97. The molecule has 1 amide bonds. The molecule has 2 aromatic rings. The number of H-pyrrole nitrogens is 1. The Labute approximate surface area is 96.8 Å². The molecule has 6 heteroatoms. The normalized spacial score (nSPS) is 12.6. The Morgan fingerprint density at radius 1 is 1.59 bits per heavy atom. The Hall–Kier alpha value is -2.08. The van der Waals surface area contributed by atoms with Crippen molar-refractivity contribution >= 4 is 17.0 Å². The predicted molar refractivity (Wildman–Crippen MR) is 62.4 cm³/mol. The van der Waals surface area contributed by atoms with Crippen LogP contribution in [0.15, 0.2) is 27.4 Å². The molecule has 17 heavy (non-hydrogen) atoms. The van der Waals surface area contributed by atoms with Gasteiger partial charge in [-0.1, -0.05) is 6.07 Å². The Morgan fingerprint density at radius 3 is 3.06 bits per heavy atom. The molecule has 2 rings (SSSR count). The molecular weight excluding hydrogens is 222 g/mol. The second kappa shape index (κ2) is 4.42. The number of aromatic amines is 1. The molecule has 0 spiro atoms. The number of hydrogen-bond acceptors (Lipinski definition) is 4. The minimum atomic E-state index is -0.490. The fourth-order valence-electron chi connectivity index (χ4n) is 1.62. The van der Waals surface area contributed by atoms with Crippen molar-refractivity contribution in [1.82, 2.24) is 10.3 Å². The summed E-state index contributed by atoms with van der Waals surface area (Å²) in [5, 5.41) is 2.73. The lowest BCUT2D eigenvalue weighted by molar-refractivity contribution is -0.120. The molecule has 0 aliphatic heterocycles. The minimum Gasteiger partial charge on any atom is -0.408 e. The van der Waals surface area contributed by atoms with Gasteiger partial charge < -0.3 is 15.5 Å². The number of fused-ring (bicyclic) bond motifs is 1. The minimum absolute atomic E-state index is 0.0465. The van der Waals surface area contributed by atoms with E-state index in [0.717, 1.165) is 5.56 Å². The van der Waals surface area contributed by atoms with Crippen LogP contribution in [-0.4, -0.2) is 17.4 Å². The number of aromatic nitrogens is 1. The van der Waals surface area contributed by atoms with E-state index in [1.807, 2.05) is 6.92 Å². The molecule has 4 N–H and O–H groups in total. The maximum atomic E-state index is 11.2. The summed E-state index contributed by atoms with van der Waals surface area (Å²) in [6, 6.07) is 5.07. The number of amides is 1. The third kappa shape index (κ3) is 2.36. The molecule has 0 fully saturated rings. The molecule has 0 aliphatic rings. The zero-order chi connectivity index (χ0) is 12.4. The summed E-state index contributed by atoms with van der Waals surface area (Å²) in [4.78, 5) is 24.7. The van der Waals surface area contributed by atoms with Gasteiger partial charge in [-0.3, -0.25) is 9.78 Å². The fourth-order valence-corrected chi connectivity index (χ4v) is 1.62. The van der Waals surface area contributed by atoms with E-state index in [0.29, 0.717) is 11.1 Å². The average molecular weight is 235 g/mol. The first-order valence-electron chi connectivity index (χ1n) is 5.22. The third-order valence-electron chi connectivity index (χ3n) is 2.51. The van der Waals surface area contributed by atoms with Crippen molar-refractivity contribution in [1.29, 1.82) is 0 Å². The van der Waals surface area contributed by atoms with Gasteiger partial charge in [-0.2, -0.15) is 0 Å². The quantitative estimate of drug-likeness (QED) is 0.710. The van der Waals surface area contributed by atoms with Crippen LogP contribution in [0.1, 0.15) is 18.5 Å². The highest BCUT2D eigenvalue weighted by atomic mass is 16.4. The monoisotopic (exact) mass is 235 g/mol. The van der Waals surface area contributed by atoms with Gasteiger partial charge >= 0.3 is 5.76 Å². The van der Waals surface area contributed by atoms with Gasteiger partial charge in [0.1, 0.15) is 0 Å². The summed E-state index contributed by atoms with van der Waals surface area (Å²) in [5.41, 5.74) is 7.20. The summed E-state index contributed by atoms with van der Waals surface area (Å²) >= 11 is 0. The Morgan fingerprint density at radius 2 is 2.35 bits per heavy atom. The van der Waals surface area contributed by atoms with Gasteiger partial charge in [0.05, 0.1) is 18.1 Å². The van der Waals surface area contributed by atoms with Crippen LogP contribution in [0, 0.1) is 0 Å². The van der Waals surface area contributed by atoms with E-state index in [2.05, 4.69) is 10.3 Å². The van der Waals surface area contributed by atoms with Crippen molar-refractivity contribution < 1.29 is 9.21 Å². The molecule has 6 nitrogen and oxygen atoms in total. The zero-order valence-corrected chi connectivity index (χ0v) is 9.32. The smallest absolute Gasteiger partial charge is 0.408 e. The van der Waals surface area contributed by atoms with Crippen LogP contribution in [0.2, 0.25) is 0 Å². The number of carbonyl (C=O) groups is 1. The van der Waals surface area contributed by atoms with Crippen LogP contribution in [0.4, 0.5) is 0 Å². The Bertz CT molecular complexity index is 599. The van der Waals surface area contributed by atoms with Gasteiger partial charge in [-0.05, 0) is 24.6 Å². The molecule has 0 bridgehead atoms. The van der Waals surface area contributed by atoms with E-state index < -0.39 is 5.76 Å². The average Bonchev–Trinajstić information content (AvgIpc) is 2.67. The third-order valence-corrected chi connectivity index (χ3v) is 2.51. The summed E-state index contributed by atoms with van der Waals surface area (Å²) in [5.74, 6) is -0.714. The summed E-state index contributed by atoms with van der Waals surface area (Å²) in [6.07, 6.45) is 0. The van der Waals surface area contributed by atoms with Crippen molar-refractivity contribution in [3.8, 4) is 0 Å².